The highest BCUT2D eigenvalue weighted by Crippen LogP contribution is 2.43. The molecule has 0 spiro atoms. The number of hydrogen-bond acceptors (Lipinski definition) is 9. The van der Waals surface area contributed by atoms with Gasteiger partial charge in [-0.1, -0.05) is 120 Å². The molecule has 11 nitrogen and oxygen atoms in total. The Hall–Kier alpha value is -2.82. The third kappa shape index (κ3) is 36.0. The van der Waals surface area contributed by atoms with E-state index in [9.17, 15) is 23.8 Å². The topological polar surface area (TPSA) is 172 Å². The molecule has 0 aliphatic heterocycles. The SMILES string of the molecule is CC/C=C\C/C=C\C/C=C\C/C=C\CCCCC(=O)OC[C@H](COP(=O)(O)OC[C@H](N)C(=O)O)OC(=O)CCCCCCC/C=C\CCCCCCC. The fraction of sp³-hybridized carbons (Fsp3) is 0.683. The van der Waals surface area contributed by atoms with Crippen molar-refractivity contribution in [2.24, 2.45) is 5.73 Å². The van der Waals surface area contributed by atoms with Crippen molar-refractivity contribution in [3.63, 3.8) is 0 Å². The minimum Gasteiger partial charge on any atom is -0.480 e. The summed E-state index contributed by atoms with van der Waals surface area (Å²) < 4.78 is 32.5. The fourth-order valence-corrected chi connectivity index (χ4v) is 5.65. The fourth-order valence-electron chi connectivity index (χ4n) is 4.87. The second-order valence-corrected chi connectivity index (χ2v) is 14.5. The monoisotopic (exact) mass is 767 g/mol. The Bertz CT molecular complexity index is 1130. The smallest absolute Gasteiger partial charge is 0.472 e. The molecule has 304 valence electrons. The van der Waals surface area contributed by atoms with Gasteiger partial charge in [0.1, 0.15) is 12.6 Å². The number of nitrogens with two attached hydrogens (primary N) is 1. The lowest BCUT2D eigenvalue weighted by Gasteiger charge is -2.20. The number of hydrogen-bond donors (Lipinski definition) is 3. The van der Waals surface area contributed by atoms with Gasteiger partial charge in [-0.15, -0.1) is 0 Å². The molecule has 0 aromatic rings. The number of phosphoric ester groups is 1. The van der Waals surface area contributed by atoms with Crippen molar-refractivity contribution >= 4 is 25.7 Å². The molecule has 0 rings (SSSR count). The van der Waals surface area contributed by atoms with E-state index in [0.717, 1.165) is 77.0 Å². The standard InChI is InChI=1S/C41H70NO10P/c1-3-5-7-9-11-13-15-17-19-21-22-24-26-28-30-32-39(43)49-34-37(35-50-53(47,48)51-36-38(42)41(45)46)52-40(44)33-31-29-27-25-23-20-18-16-14-12-10-8-6-4-2/h5,7,11,13,16-19,22,24,37-38H,3-4,6,8-10,12,14-15,20-21,23,25-36,42H2,1-2H3,(H,45,46)(H,47,48)/b7-5-,13-11-,18-16-,19-17-,24-22-/t37-,38+/m1/s1. The van der Waals surface area contributed by atoms with E-state index in [0.29, 0.717) is 12.8 Å². The first-order valence-corrected chi connectivity index (χ1v) is 21.3. The molecular weight excluding hydrogens is 697 g/mol. The van der Waals surface area contributed by atoms with E-state index >= 15 is 0 Å². The molecule has 12 heteroatoms. The number of carboxylic acid groups (broad SMARTS) is 1. The first-order valence-electron chi connectivity index (χ1n) is 19.8. The van der Waals surface area contributed by atoms with Gasteiger partial charge in [0, 0.05) is 12.8 Å². The van der Waals surface area contributed by atoms with E-state index in [1.165, 1.54) is 32.1 Å². The largest absolute Gasteiger partial charge is 0.480 e. The summed E-state index contributed by atoms with van der Waals surface area (Å²) in [5.74, 6) is -2.45. The first kappa shape index (κ1) is 50.2. The molecule has 3 atom stereocenters. The molecule has 0 aliphatic carbocycles. The molecule has 0 saturated carbocycles. The van der Waals surface area contributed by atoms with E-state index in [1.807, 2.05) is 0 Å². The number of allylic oxidation sites excluding steroid dienone is 10. The molecule has 0 bridgehead atoms. The van der Waals surface area contributed by atoms with Gasteiger partial charge in [0.25, 0.3) is 0 Å². The van der Waals surface area contributed by atoms with Crippen LogP contribution in [0.15, 0.2) is 60.8 Å². The van der Waals surface area contributed by atoms with Crippen LogP contribution in [0.1, 0.15) is 149 Å². The lowest BCUT2D eigenvalue weighted by molar-refractivity contribution is -0.161. The lowest BCUT2D eigenvalue weighted by atomic mass is 10.1. The van der Waals surface area contributed by atoms with Gasteiger partial charge in [0.2, 0.25) is 0 Å². The minimum atomic E-state index is -4.73. The van der Waals surface area contributed by atoms with E-state index in [4.69, 9.17) is 24.8 Å². The Balaban J connectivity index is 4.52. The molecule has 4 N–H and O–H groups in total. The van der Waals surface area contributed by atoms with Gasteiger partial charge in [-0.25, -0.2) is 4.57 Å². The van der Waals surface area contributed by atoms with Crippen LogP contribution in [0.4, 0.5) is 0 Å². The molecule has 0 aliphatic rings. The summed E-state index contributed by atoms with van der Waals surface area (Å²) in [6.45, 7) is 2.60. The van der Waals surface area contributed by atoms with E-state index in [2.05, 4.69) is 79.1 Å². The molecule has 0 aromatic carbocycles. The maximum Gasteiger partial charge on any atom is 0.472 e. The summed E-state index contributed by atoms with van der Waals surface area (Å²) >= 11 is 0. The summed E-state index contributed by atoms with van der Waals surface area (Å²) in [4.78, 5) is 45.8. The van der Waals surface area contributed by atoms with Crippen LogP contribution >= 0.6 is 7.82 Å². The van der Waals surface area contributed by atoms with Crippen LogP contribution < -0.4 is 5.73 Å². The van der Waals surface area contributed by atoms with Gasteiger partial charge >= 0.3 is 25.7 Å². The molecule has 1 unspecified atom stereocenters. The Labute approximate surface area is 319 Å². The van der Waals surface area contributed by atoms with Gasteiger partial charge < -0.3 is 25.2 Å². The van der Waals surface area contributed by atoms with Crippen LogP contribution in [0.2, 0.25) is 0 Å². The van der Waals surface area contributed by atoms with Crippen LogP contribution in [-0.4, -0.2) is 59.9 Å². The zero-order chi connectivity index (χ0) is 39.3. The number of ether oxygens (including phenoxy) is 2. The highest BCUT2D eigenvalue weighted by molar-refractivity contribution is 7.47. The summed E-state index contributed by atoms with van der Waals surface area (Å²) in [7, 11) is -4.73. The Morgan fingerprint density at radius 3 is 1.64 bits per heavy atom. The third-order valence-electron chi connectivity index (χ3n) is 8.00. The van der Waals surface area contributed by atoms with Gasteiger partial charge in [-0.2, -0.15) is 0 Å². The number of esters is 2. The third-order valence-corrected chi connectivity index (χ3v) is 8.95. The van der Waals surface area contributed by atoms with Gasteiger partial charge in [-0.05, 0) is 77.0 Å². The van der Waals surface area contributed by atoms with Crippen LogP contribution in [0.3, 0.4) is 0 Å². The van der Waals surface area contributed by atoms with Crippen LogP contribution in [-0.2, 0) is 37.5 Å². The van der Waals surface area contributed by atoms with Crippen molar-refractivity contribution in [2.45, 2.75) is 161 Å². The summed E-state index contributed by atoms with van der Waals surface area (Å²) in [5.41, 5.74) is 5.32. The summed E-state index contributed by atoms with van der Waals surface area (Å²) in [6.07, 6.45) is 40.1. The van der Waals surface area contributed by atoms with Crippen molar-refractivity contribution < 1.29 is 47.5 Å². The number of carboxylic acids is 1. The molecule has 0 amide bonds. The van der Waals surface area contributed by atoms with E-state index in [-0.39, 0.29) is 19.4 Å². The molecule has 53 heavy (non-hydrogen) atoms. The number of rotatable bonds is 36. The quantitative estimate of drug-likeness (QED) is 0.0240. The maximum absolute atomic E-state index is 12.6. The second-order valence-electron chi connectivity index (χ2n) is 13.0. The Morgan fingerprint density at radius 2 is 1.06 bits per heavy atom. The van der Waals surface area contributed by atoms with E-state index in [1.54, 1.807) is 0 Å². The Morgan fingerprint density at radius 1 is 0.604 bits per heavy atom. The van der Waals surface area contributed by atoms with Crippen molar-refractivity contribution in [2.75, 3.05) is 19.8 Å². The second kappa shape index (κ2) is 36.2. The molecule has 0 fully saturated rings. The number of carbonyl (C=O) groups is 3. The summed E-state index contributed by atoms with van der Waals surface area (Å²) in [6, 6.07) is -1.53. The molecule has 0 aromatic heterocycles. The van der Waals surface area contributed by atoms with Crippen LogP contribution in [0.25, 0.3) is 0 Å². The average Bonchev–Trinajstić information content (AvgIpc) is 3.13. The zero-order valence-corrected chi connectivity index (χ0v) is 33.5. The maximum atomic E-state index is 12.6. The van der Waals surface area contributed by atoms with Gasteiger partial charge in [0.15, 0.2) is 6.10 Å². The van der Waals surface area contributed by atoms with Crippen molar-refractivity contribution in [3.05, 3.63) is 60.8 Å². The highest BCUT2D eigenvalue weighted by atomic mass is 31.2. The molecule has 0 radical (unpaired) electrons. The average molecular weight is 768 g/mol. The number of unbranched alkanes of at least 4 members (excludes halogenated alkanes) is 12. The van der Waals surface area contributed by atoms with Crippen molar-refractivity contribution in [1.82, 2.24) is 0 Å². The van der Waals surface area contributed by atoms with Crippen LogP contribution in [0, 0.1) is 0 Å². The molecule has 0 heterocycles. The number of aliphatic carboxylic acids is 1. The highest BCUT2D eigenvalue weighted by Gasteiger charge is 2.28. The summed E-state index contributed by atoms with van der Waals surface area (Å²) in [5, 5.41) is 8.87. The first-order chi connectivity index (χ1) is 25.6. The minimum absolute atomic E-state index is 0.139. The van der Waals surface area contributed by atoms with E-state index < -0.39 is 51.1 Å². The number of phosphoric acid groups is 1. The lowest BCUT2D eigenvalue weighted by Crippen LogP contribution is -2.34. The molecule has 0 saturated heterocycles. The van der Waals surface area contributed by atoms with Gasteiger partial charge in [0.05, 0.1) is 13.2 Å². The van der Waals surface area contributed by atoms with Crippen molar-refractivity contribution in [1.29, 1.82) is 0 Å². The van der Waals surface area contributed by atoms with Crippen molar-refractivity contribution in [3.8, 4) is 0 Å². The normalized spacial score (nSPS) is 14.5. The number of carbonyl (C=O) groups excluding carboxylic acids is 2. The molecular formula is C41H70NO10P. The zero-order valence-electron chi connectivity index (χ0n) is 32.6. The Kier molecular flexibility index (Phi) is 34.2. The predicted molar refractivity (Wildman–Crippen MR) is 212 cm³/mol. The predicted octanol–water partition coefficient (Wildman–Crippen LogP) is 10.00. The van der Waals surface area contributed by atoms with Crippen LogP contribution in [0.5, 0.6) is 0 Å². The van der Waals surface area contributed by atoms with Gasteiger partial charge in [-0.3, -0.25) is 23.4 Å².